The summed E-state index contributed by atoms with van der Waals surface area (Å²) in [4.78, 5) is 5.09. The van der Waals surface area contributed by atoms with Crippen LogP contribution < -0.4 is 5.32 Å². The van der Waals surface area contributed by atoms with Gasteiger partial charge in [0.15, 0.2) is 0 Å². The maximum Gasteiger partial charge on any atom is 0.0223 e. The summed E-state index contributed by atoms with van der Waals surface area (Å²) in [5.74, 6) is 0. The van der Waals surface area contributed by atoms with Crippen molar-refractivity contribution in [2.75, 3.05) is 46.3 Å². The van der Waals surface area contributed by atoms with Crippen molar-refractivity contribution >= 4 is 0 Å². The summed E-state index contributed by atoms with van der Waals surface area (Å²) in [6.45, 7) is 11.7. The average Bonchev–Trinajstić information content (AvgIpc) is 2.71. The zero-order chi connectivity index (χ0) is 11.8. The maximum absolute atomic E-state index is 3.46. The molecule has 1 saturated heterocycles. The Morgan fingerprint density at radius 3 is 2.81 bits per heavy atom. The summed E-state index contributed by atoms with van der Waals surface area (Å²) in [6, 6.07) is 0.807. The summed E-state index contributed by atoms with van der Waals surface area (Å²) in [5, 5.41) is 3.46. The number of rotatable bonds is 8. The molecule has 96 valence electrons. The molecule has 1 rings (SSSR count). The van der Waals surface area contributed by atoms with E-state index in [1.54, 1.807) is 0 Å². The molecule has 0 bridgehead atoms. The lowest BCUT2D eigenvalue weighted by Gasteiger charge is -2.27. The number of nitrogens with zero attached hydrogens (tertiary/aromatic N) is 2. The van der Waals surface area contributed by atoms with E-state index in [1.807, 2.05) is 0 Å². The number of likely N-dealkylation sites (N-methyl/N-ethyl adjacent to an activating group) is 2. The van der Waals surface area contributed by atoms with Crippen LogP contribution in [-0.4, -0.2) is 62.2 Å². The van der Waals surface area contributed by atoms with Gasteiger partial charge in [0.25, 0.3) is 0 Å². The molecule has 0 saturated carbocycles. The Kier molecular flexibility index (Phi) is 7.01. The van der Waals surface area contributed by atoms with Gasteiger partial charge in [0, 0.05) is 25.7 Å². The predicted octanol–water partition coefficient (Wildman–Crippen LogP) is 1.40. The van der Waals surface area contributed by atoms with Gasteiger partial charge in [-0.2, -0.15) is 0 Å². The zero-order valence-corrected chi connectivity index (χ0v) is 11.3. The van der Waals surface area contributed by atoms with Crippen LogP contribution in [0.2, 0.25) is 0 Å². The minimum atomic E-state index is 0.807. The van der Waals surface area contributed by atoms with Gasteiger partial charge in [0.2, 0.25) is 0 Å². The first-order chi connectivity index (χ1) is 7.77. The molecule has 0 aromatic heterocycles. The van der Waals surface area contributed by atoms with Crippen LogP contribution in [0.15, 0.2) is 0 Å². The Balaban J connectivity index is 2.10. The monoisotopic (exact) mass is 227 g/mol. The number of hydrogen-bond donors (Lipinski definition) is 1. The van der Waals surface area contributed by atoms with E-state index in [0.29, 0.717) is 0 Å². The SMILES string of the molecule is CCCNCCN(C)CC1CCCN1CC. The molecule has 1 heterocycles. The number of likely N-dealkylation sites (tertiary alicyclic amines) is 1. The minimum absolute atomic E-state index is 0.807. The van der Waals surface area contributed by atoms with Crippen LogP contribution in [0.4, 0.5) is 0 Å². The lowest BCUT2D eigenvalue weighted by Crippen LogP contribution is -2.40. The van der Waals surface area contributed by atoms with Crippen LogP contribution in [-0.2, 0) is 0 Å². The molecular weight excluding hydrogens is 198 g/mol. The van der Waals surface area contributed by atoms with Crippen LogP contribution in [0.3, 0.4) is 0 Å². The highest BCUT2D eigenvalue weighted by molar-refractivity contribution is 4.80. The molecule has 1 unspecified atom stereocenters. The standard InChI is InChI=1S/C13H29N3/c1-4-8-14-9-11-15(3)12-13-7-6-10-16(13)5-2/h13-14H,4-12H2,1-3H3. The van der Waals surface area contributed by atoms with Crippen molar-refractivity contribution < 1.29 is 0 Å². The highest BCUT2D eigenvalue weighted by Crippen LogP contribution is 2.16. The van der Waals surface area contributed by atoms with Crippen LogP contribution in [0.1, 0.15) is 33.1 Å². The van der Waals surface area contributed by atoms with E-state index < -0.39 is 0 Å². The molecule has 1 N–H and O–H groups in total. The normalized spacial score (nSPS) is 22.1. The molecule has 1 aliphatic heterocycles. The Labute approximate surface area is 101 Å². The van der Waals surface area contributed by atoms with E-state index in [4.69, 9.17) is 0 Å². The first-order valence-electron chi connectivity index (χ1n) is 6.91. The Hall–Kier alpha value is -0.120. The molecule has 1 fully saturated rings. The molecular formula is C13H29N3. The molecule has 0 aromatic rings. The second-order valence-electron chi connectivity index (χ2n) is 4.94. The third-order valence-corrected chi connectivity index (χ3v) is 3.52. The lowest BCUT2D eigenvalue weighted by molar-refractivity contribution is 0.199. The molecule has 3 heteroatoms. The van der Waals surface area contributed by atoms with E-state index >= 15 is 0 Å². The molecule has 16 heavy (non-hydrogen) atoms. The fraction of sp³-hybridized carbons (Fsp3) is 1.00. The predicted molar refractivity (Wildman–Crippen MR) is 70.9 cm³/mol. The van der Waals surface area contributed by atoms with Gasteiger partial charge in [-0.1, -0.05) is 13.8 Å². The van der Waals surface area contributed by atoms with E-state index in [-0.39, 0.29) is 0 Å². The van der Waals surface area contributed by atoms with Crippen molar-refractivity contribution in [1.82, 2.24) is 15.1 Å². The van der Waals surface area contributed by atoms with Crippen LogP contribution in [0.25, 0.3) is 0 Å². The van der Waals surface area contributed by atoms with E-state index in [0.717, 1.165) is 19.1 Å². The molecule has 3 nitrogen and oxygen atoms in total. The fourth-order valence-corrected chi connectivity index (χ4v) is 2.54. The molecule has 0 amide bonds. The molecule has 0 aromatic carbocycles. The van der Waals surface area contributed by atoms with Crippen molar-refractivity contribution in [2.45, 2.75) is 39.2 Å². The largest absolute Gasteiger partial charge is 0.315 e. The number of hydrogen-bond acceptors (Lipinski definition) is 3. The van der Waals surface area contributed by atoms with Crippen LogP contribution in [0, 0.1) is 0 Å². The Morgan fingerprint density at radius 1 is 1.31 bits per heavy atom. The van der Waals surface area contributed by atoms with Crippen LogP contribution >= 0.6 is 0 Å². The summed E-state index contributed by atoms with van der Waals surface area (Å²) in [7, 11) is 2.25. The van der Waals surface area contributed by atoms with Gasteiger partial charge >= 0.3 is 0 Å². The van der Waals surface area contributed by atoms with Crippen molar-refractivity contribution in [1.29, 1.82) is 0 Å². The zero-order valence-electron chi connectivity index (χ0n) is 11.3. The lowest BCUT2D eigenvalue weighted by atomic mass is 10.2. The van der Waals surface area contributed by atoms with Gasteiger partial charge in [-0.25, -0.2) is 0 Å². The highest BCUT2D eigenvalue weighted by atomic mass is 15.2. The molecule has 0 radical (unpaired) electrons. The summed E-state index contributed by atoms with van der Waals surface area (Å²) in [6.07, 6.45) is 4.01. The minimum Gasteiger partial charge on any atom is -0.315 e. The van der Waals surface area contributed by atoms with Crippen molar-refractivity contribution in [3.05, 3.63) is 0 Å². The molecule has 1 aliphatic rings. The fourth-order valence-electron chi connectivity index (χ4n) is 2.54. The van der Waals surface area contributed by atoms with Gasteiger partial charge in [-0.3, -0.25) is 4.90 Å². The van der Waals surface area contributed by atoms with Gasteiger partial charge in [-0.15, -0.1) is 0 Å². The third kappa shape index (κ3) is 4.81. The van der Waals surface area contributed by atoms with E-state index in [2.05, 4.69) is 36.0 Å². The van der Waals surface area contributed by atoms with Gasteiger partial charge in [-0.05, 0) is 45.9 Å². The van der Waals surface area contributed by atoms with Gasteiger partial charge < -0.3 is 10.2 Å². The Bertz CT molecular complexity index is 173. The third-order valence-electron chi connectivity index (χ3n) is 3.52. The topological polar surface area (TPSA) is 18.5 Å². The highest BCUT2D eigenvalue weighted by Gasteiger charge is 2.23. The number of nitrogens with one attached hydrogen (secondary N) is 1. The second-order valence-corrected chi connectivity index (χ2v) is 4.94. The summed E-state index contributed by atoms with van der Waals surface area (Å²) in [5.41, 5.74) is 0. The first-order valence-corrected chi connectivity index (χ1v) is 6.91. The molecule has 0 spiro atoms. The smallest absolute Gasteiger partial charge is 0.0223 e. The van der Waals surface area contributed by atoms with Crippen molar-refractivity contribution in [3.8, 4) is 0 Å². The second kappa shape index (κ2) is 8.04. The summed E-state index contributed by atoms with van der Waals surface area (Å²) >= 11 is 0. The quantitative estimate of drug-likeness (QED) is 0.632. The van der Waals surface area contributed by atoms with E-state index in [9.17, 15) is 0 Å². The van der Waals surface area contributed by atoms with Crippen molar-refractivity contribution in [2.24, 2.45) is 0 Å². The van der Waals surface area contributed by atoms with Gasteiger partial charge in [0.05, 0.1) is 0 Å². The first kappa shape index (κ1) is 13.9. The average molecular weight is 227 g/mol. The van der Waals surface area contributed by atoms with Gasteiger partial charge in [0.1, 0.15) is 0 Å². The van der Waals surface area contributed by atoms with Crippen LogP contribution in [0.5, 0.6) is 0 Å². The Morgan fingerprint density at radius 2 is 2.12 bits per heavy atom. The maximum atomic E-state index is 3.46. The molecule has 0 aliphatic carbocycles. The van der Waals surface area contributed by atoms with E-state index in [1.165, 1.54) is 45.4 Å². The summed E-state index contributed by atoms with van der Waals surface area (Å²) < 4.78 is 0. The molecule has 1 atom stereocenters. The van der Waals surface area contributed by atoms with Crippen molar-refractivity contribution in [3.63, 3.8) is 0 Å².